The molecule has 0 aliphatic heterocycles. The van der Waals surface area contributed by atoms with E-state index in [9.17, 15) is 4.79 Å². The molecule has 0 aliphatic carbocycles. The molecule has 1 rings (SSSR count). The second kappa shape index (κ2) is 8.04. The topological polar surface area (TPSA) is 44.8 Å². The maximum Gasteiger partial charge on any atom is 0.330 e. The van der Waals surface area contributed by atoms with Gasteiger partial charge in [0.2, 0.25) is 0 Å². The van der Waals surface area contributed by atoms with Crippen LogP contribution in [0.3, 0.4) is 0 Å². The first kappa shape index (κ1) is 15.8. The molecular formula is C16H20O4. The van der Waals surface area contributed by atoms with E-state index in [0.29, 0.717) is 18.1 Å². The summed E-state index contributed by atoms with van der Waals surface area (Å²) in [5, 5.41) is 0. The van der Waals surface area contributed by atoms with Crippen molar-refractivity contribution in [3.8, 4) is 11.5 Å². The Morgan fingerprint density at radius 1 is 1.40 bits per heavy atom. The Morgan fingerprint density at radius 3 is 2.75 bits per heavy atom. The molecular weight excluding hydrogens is 256 g/mol. The second-order valence-corrected chi connectivity index (χ2v) is 4.05. The Kier molecular flexibility index (Phi) is 6.37. The van der Waals surface area contributed by atoms with Crippen molar-refractivity contribution < 1.29 is 19.0 Å². The summed E-state index contributed by atoms with van der Waals surface area (Å²) in [7, 11) is 1.57. The maximum absolute atomic E-state index is 11.2. The van der Waals surface area contributed by atoms with Crippen LogP contribution in [0.4, 0.5) is 0 Å². The van der Waals surface area contributed by atoms with Gasteiger partial charge in [-0.3, -0.25) is 0 Å². The first-order valence-electron chi connectivity index (χ1n) is 6.42. The molecule has 108 valence electrons. The average Bonchev–Trinajstić information content (AvgIpc) is 2.46. The van der Waals surface area contributed by atoms with Gasteiger partial charge >= 0.3 is 5.97 Å². The smallest absolute Gasteiger partial charge is 0.330 e. The molecule has 0 heterocycles. The van der Waals surface area contributed by atoms with Crippen LogP contribution in [0.5, 0.6) is 11.5 Å². The molecule has 0 saturated carbocycles. The zero-order chi connectivity index (χ0) is 15.0. The number of rotatable bonds is 7. The Balaban J connectivity index is 2.86. The summed E-state index contributed by atoms with van der Waals surface area (Å²) in [6.45, 7) is 7.68. The van der Waals surface area contributed by atoms with E-state index in [4.69, 9.17) is 14.2 Å². The fourth-order valence-electron chi connectivity index (χ4n) is 1.49. The molecule has 0 N–H and O–H groups in total. The standard InChI is InChI=1S/C16H20O4/c1-5-12(3)20-14-9-7-13(11-15(14)18-4)8-10-16(17)19-6-2/h5,7-12H,1,6H2,2-4H3/b10-8+. The highest BCUT2D eigenvalue weighted by Gasteiger charge is 2.07. The molecule has 4 nitrogen and oxygen atoms in total. The molecule has 0 radical (unpaired) electrons. The predicted octanol–water partition coefficient (Wildman–Crippen LogP) is 3.22. The summed E-state index contributed by atoms with van der Waals surface area (Å²) >= 11 is 0. The third-order valence-corrected chi connectivity index (χ3v) is 2.53. The van der Waals surface area contributed by atoms with Gasteiger partial charge in [-0.2, -0.15) is 0 Å². The minimum atomic E-state index is -0.368. The number of carbonyl (C=O) groups excluding carboxylic acids is 1. The third-order valence-electron chi connectivity index (χ3n) is 2.53. The highest BCUT2D eigenvalue weighted by atomic mass is 16.5. The quantitative estimate of drug-likeness (QED) is 0.436. The number of benzene rings is 1. The van der Waals surface area contributed by atoms with E-state index >= 15 is 0 Å². The molecule has 20 heavy (non-hydrogen) atoms. The van der Waals surface area contributed by atoms with Crippen LogP contribution < -0.4 is 9.47 Å². The molecule has 0 spiro atoms. The van der Waals surface area contributed by atoms with E-state index in [0.717, 1.165) is 5.56 Å². The molecule has 1 aromatic carbocycles. The Labute approximate surface area is 119 Å². The lowest BCUT2D eigenvalue weighted by atomic mass is 10.2. The number of methoxy groups -OCH3 is 1. The monoisotopic (exact) mass is 276 g/mol. The van der Waals surface area contributed by atoms with Gasteiger partial charge < -0.3 is 14.2 Å². The van der Waals surface area contributed by atoms with Crippen LogP contribution in [0.2, 0.25) is 0 Å². The summed E-state index contributed by atoms with van der Waals surface area (Å²) in [4.78, 5) is 11.2. The van der Waals surface area contributed by atoms with Gasteiger partial charge in [0.1, 0.15) is 6.10 Å². The lowest BCUT2D eigenvalue weighted by Crippen LogP contribution is -2.08. The number of ether oxygens (including phenoxy) is 3. The highest BCUT2D eigenvalue weighted by molar-refractivity contribution is 5.87. The zero-order valence-electron chi connectivity index (χ0n) is 12.1. The number of esters is 1. The molecule has 1 aromatic rings. The van der Waals surface area contributed by atoms with Crippen molar-refractivity contribution >= 4 is 12.0 Å². The van der Waals surface area contributed by atoms with E-state index < -0.39 is 0 Å². The van der Waals surface area contributed by atoms with Crippen molar-refractivity contribution in [2.45, 2.75) is 20.0 Å². The van der Waals surface area contributed by atoms with Gasteiger partial charge in [-0.05, 0) is 37.6 Å². The first-order chi connectivity index (χ1) is 9.60. The van der Waals surface area contributed by atoms with Crippen LogP contribution in [0.15, 0.2) is 36.9 Å². The van der Waals surface area contributed by atoms with Crippen LogP contribution in [0, 0.1) is 0 Å². The van der Waals surface area contributed by atoms with Crippen LogP contribution in [0.1, 0.15) is 19.4 Å². The molecule has 0 fully saturated rings. The zero-order valence-corrected chi connectivity index (χ0v) is 12.1. The predicted molar refractivity (Wildman–Crippen MR) is 78.9 cm³/mol. The van der Waals surface area contributed by atoms with Gasteiger partial charge in [-0.15, -0.1) is 0 Å². The summed E-state index contributed by atoms with van der Waals surface area (Å²) < 4.78 is 15.7. The molecule has 0 aromatic heterocycles. The third kappa shape index (κ3) is 4.80. The van der Waals surface area contributed by atoms with Gasteiger partial charge in [0.15, 0.2) is 11.5 Å². The normalized spacial score (nSPS) is 11.9. The van der Waals surface area contributed by atoms with Crippen molar-refractivity contribution in [3.05, 3.63) is 42.5 Å². The van der Waals surface area contributed by atoms with E-state index in [1.54, 1.807) is 38.3 Å². The Bertz CT molecular complexity index is 491. The van der Waals surface area contributed by atoms with Crippen molar-refractivity contribution in [2.24, 2.45) is 0 Å². The molecule has 0 amide bonds. The lowest BCUT2D eigenvalue weighted by molar-refractivity contribution is -0.137. The lowest BCUT2D eigenvalue weighted by Gasteiger charge is -2.14. The molecule has 1 unspecified atom stereocenters. The van der Waals surface area contributed by atoms with Gasteiger partial charge in [-0.25, -0.2) is 4.79 Å². The van der Waals surface area contributed by atoms with E-state index in [2.05, 4.69) is 6.58 Å². The van der Waals surface area contributed by atoms with Crippen molar-refractivity contribution in [1.29, 1.82) is 0 Å². The molecule has 4 heteroatoms. The SMILES string of the molecule is C=CC(C)Oc1ccc(/C=C/C(=O)OCC)cc1OC. The largest absolute Gasteiger partial charge is 0.493 e. The second-order valence-electron chi connectivity index (χ2n) is 4.05. The molecule has 0 aliphatic rings. The number of hydrogen-bond acceptors (Lipinski definition) is 4. The van der Waals surface area contributed by atoms with Crippen LogP contribution in [-0.4, -0.2) is 25.8 Å². The summed E-state index contributed by atoms with van der Waals surface area (Å²) in [6, 6.07) is 5.42. The van der Waals surface area contributed by atoms with Gasteiger partial charge in [0.05, 0.1) is 13.7 Å². The minimum Gasteiger partial charge on any atom is -0.493 e. The Morgan fingerprint density at radius 2 is 2.15 bits per heavy atom. The average molecular weight is 276 g/mol. The fourth-order valence-corrected chi connectivity index (χ4v) is 1.49. The van der Waals surface area contributed by atoms with Crippen molar-refractivity contribution in [1.82, 2.24) is 0 Å². The fraction of sp³-hybridized carbons (Fsp3) is 0.312. The molecule has 0 saturated heterocycles. The summed E-state index contributed by atoms with van der Waals surface area (Å²) in [6.07, 6.45) is 4.64. The highest BCUT2D eigenvalue weighted by Crippen LogP contribution is 2.29. The van der Waals surface area contributed by atoms with E-state index in [1.165, 1.54) is 6.08 Å². The van der Waals surface area contributed by atoms with Crippen LogP contribution in [0.25, 0.3) is 6.08 Å². The Hall–Kier alpha value is -2.23. The maximum atomic E-state index is 11.2. The van der Waals surface area contributed by atoms with Gasteiger partial charge in [0, 0.05) is 6.08 Å². The summed E-state index contributed by atoms with van der Waals surface area (Å²) in [5.74, 6) is 0.866. The van der Waals surface area contributed by atoms with Crippen LogP contribution in [-0.2, 0) is 9.53 Å². The minimum absolute atomic E-state index is 0.107. The molecule has 1 atom stereocenters. The number of hydrogen-bond donors (Lipinski definition) is 0. The van der Waals surface area contributed by atoms with Gasteiger partial charge in [-0.1, -0.05) is 18.7 Å². The van der Waals surface area contributed by atoms with Gasteiger partial charge in [0.25, 0.3) is 0 Å². The number of carbonyl (C=O) groups is 1. The molecule has 0 bridgehead atoms. The summed E-state index contributed by atoms with van der Waals surface area (Å²) in [5.41, 5.74) is 0.827. The van der Waals surface area contributed by atoms with Crippen molar-refractivity contribution in [3.63, 3.8) is 0 Å². The van der Waals surface area contributed by atoms with Crippen molar-refractivity contribution in [2.75, 3.05) is 13.7 Å². The first-order valence-corrected chi connectivity index (χ1v) is 6.42. The van der Waals surface area contributed by atoms with E-state index in [-0.39, 0.29) is 12.1 Å². The van der Waals surface area contributed by atoms with E-state index in [1.807, 2.05) is 13.0 Å². The van der Waals surface area contributed by atoms with Crippen LogP contribution >= 0.6 is 0 Å².